The fourth-order valence-corrected chi connectivity index (χ4v) is 3.29. The SMILES string of the molecule is CC(C)(C)OC(=O)C[C@H](CN=[N+]=[N-])c1ccccc1.C[C@H](COS(C)(=O)=O)c1ccccc1.[N-]=[N+]=[N-].[Na+]. The fraction of sp³-hybridized carbons (Fsp3) is 0.458. The van der Waals surface area contributed by atoms with Crippen LogP contribution >= 0.6 is 0 Å². The van der Waals surface area contributed by atoms with Crippen molar-refractivity contribution in [2.24, 2.45) is 5.11 Å². The van der Waals surface area contributed by atoms with Crippen molar-refractivity contribution in [3.63, 3.8) is 0 Å². The van der Waals surface area contributed by atoms with Gasteiger partial charge in [0.25, 0.3) is 10.1 Å². The molecule has 0 aliphatic rings. The van der Waals surface area contributed by atoms with Gasteiger partial charge in [0, 0.05) is 17.4 Å². The van der Waals surface area contributed by atoms with E-state index in [4.69, 9.17) is 25.5 Å². The zero-order valence-corrected chi connectivity index (χ0v) is 25.0. The molecule has 2 aromatic rings. The third-order valence-electron chi connectivity index (χ3n) is 4.37. The van der Waals surface area contributed by atoms with E-state index < -0.39 is 15.7 Å². The van der Waals surface area contributed by atoms with Crippen molar-refractivity contribution in [3.8, 4) is 0 Å². The average Bonchev–Trinajstić information content (AvgIpc) is 2.80. The topological polar surface area (TPSA) is 177 Å². The second-order valence-electron chi connectivity index (χ2n) is 8.70. The van der Waals surface area contributed by atoms with Crippen molar-refractivity contribution in [3.05, 3.63) is 98.2 Å². The first-order chi connectivity index (χ1) is 16.8. The predicted molar refractivity (Wildman–Crippen MR) is 139 cm³/mol. The summed E-state index contributed by atoms with van der Waals surface area (Å²) >= 11 is 0. The first-order valence-electron chi connectivity index (χ1n) is 11.0. The van der Waals surface area contributed by atoms with Crippen LogP contribution < -0.4 is 29.6 Å². The number of hydrogen-bond acceptors (Lipinski definition) is 6. The number of nitrogens with zero attached hydrogens (tertiary/aromatic N) is 6. The molecule has 0 fully saturated rings. The molecule has 0 heterocycles. The van der Waals surface area contributed by atoms with Gasteiger partial charge in [-0.3, -0.25) is 13.9 Å². The average molecular weight is 541 g/mol. The van der Waals surface area contributed by atoms with Gasteiger partial charge in [0.05, 0.1) is 19.3 Å². The molecule has 0 aliphatic carbocycles. The molecule has 0 saturated heterocycles. The van der Waals surface area contributed by atoms with Gasteiger partial charge < -0.3 is 15.8 Å². The molecule has 0 aliphatic heterocycles. The molecule has 2 rings (SSSR count). The number of esters is 1. The Morgan fingerprint density at radius 1 is 0.973 bits per heavy atom. The zero-order chi connectivity index (χ0) is 27.6. The standard InChI is InChI=1S/C14H19N3O2.C10H14O3S.N3.Na/c1-14(2,3)19-13(18)9-12(10-16-17-15)11-7-5-4-6-8-11;1-9(8-13-14(2,11)12)10-6-4-3-5-7-10;1-3-2;/h4-8,12H,9-10H2,1-3H3;3-7,9H,8H2,1-2H3;;/q;;-1;+1/t12-;9-;;/m11../s1. The molecule has 0 bridgehead atoms. The van der Waals surface area contributed by atoms with E-state index in [9.17, 15) is 13.2 Å². The van der Waals surface area contributed by atoms with E-state index in [1.54, 1.807) is 0 Å². The molecule has 0 saturated carbocycles. The van der Waals surface area contributed by atoms with Gasteiger partial charge in [0.1, 0.15) is 5.60 Å². The van der Waals surface area contributed by atoms with Crippen molar-refractivity contribution < 1.29 is 51.7 Å². The Morgan fingerprint density at radius 3 is 1.84 bits per heavy atom. The van der Waals surface area contributed by atoms with Crippen LogP contribution in [-0.4, -0.2) is 39.4 Å². The first kappa shape index (κ1) is 36.6. The largest absolute Gasteiger partial charge is 1.00 e. The number of rotatable bonds is 9. The number of carbonyl (C=O) groups is 1. The molecule has 196 valence electrons. The second-order valence-corrected chi connectivity index (χ2v) is 10.3. The van der Waals surface area contributed by atoms with Crippen molar-refractivity contribution in [1.29, 1.82) is 0 Å². The minimum Gasteiger partial charge on any atom is -0.460 e. The Morgan fingerprint density at radius 2 is 1.43 bits per heavy atom. The van der Waals surface area contributed by atoms with Gasteiger partial charge in [0.15, 0.2) is 0 Å². The van der Waals surface area contributed by atoms with Crippen molar-refractivity contribution >= 4 is 16.1 Å². The molecule has 37 heavy (non-hydrogen) atoms. The van der Waals surface area contributed by atoms with Crippen LogP contribution in [0.25, 0.3) is 26.4 Å². The van der Waals surface area contributed by atoms with E-state index in [-0.39, 0.29) is 66.9 Å². The minimum atomic E-state index is -3.33. The van der Waals surface area contributed by atoms with E-state index in [0.717, 1.165) is 17.4 Å². The van der Waals surface area contributed by atoms with E-state index in [2.05, 4.69) is 10.0 Å². The van der Waals surface area contributed by atoms with E-state index in [1.165, 1.54) is 4.91 Å². The summed E-state index contributed by atoms with van der Waals surface area (Å²) in [5.41, 5.74) is 23.5. The molecular formula is C24H33N6NaO5S. The molecule has 2 atom stereocenters. The van der Waals surface area contributed by atoms with Crippen LogP contribution in [0.4, 0.5) is 0 Å². The van der Waals surface area contributed by atoms with Crippen molar-refractivity contribution in [2.45, 2.75) is 51.6 Å². The van der Waals surface area contributed by atoms with Gasteiger partial charge in [-0.15, -0.1) is 0 Å². The summed E-state index contributed by atoms with van der Waals surface area (Å²) < 4.78 is 31.5. The number of carbonyl (C=O) groups excluding carboxylic acids is 1. The quantitative estimate of drug-likeness (QED) is 0.118. The third kappa shape index (κ3) is 20.2. The number of hydrogen-bond donors (Lipinski definition) is 0. The molecule has 0 unspecified atom stereocenters. The van der Waals surface area contributed by atoms with Crippen LogP contribution in [0.1, 0.15) is 57.1 Å². The Balaban J connectivity index is 0. The Hall–Kier alpha value is -2.56. The molecule has 0 N–H and O–H groups in total. The summed E-state index contributed by atoms with van der Waals surface area (Å²) in [4.78, 5) is 16.1. The number of ether oxygens (including phenoxy) is 1. The maximum Gasteiger partial charge on any atom is 1.00 e. The van der Waals surface area contributed by atoms with E-state index in [1.807, 2.05) is 88.4 Å². The van der Waals surface area contributed by atoms with Gasteiger partial charge in [-0.25, -0.2) is 0 Å². The molecule has 2 aromatic carbocycles. The van der Waals surface area contributed by atoms with Crippen molar-refractivity contribution in [1.82, 2.24) is 0 Å². The number of azide groups is 1. The van der Waals surface area contributed by atoms with Crippen LogP contribution in [0.5, 0.6) is 0 Å². The van der Waals surface area contributed by atoms with Crippen LogP contribution in [0.15, 0.2) is 65.8 Å². The smallest absolute Gasteiger partial charge is 0.460 e. The molecule has 0 radical (unpaired) electrons. The minimum absolute atomic E-state index is 0. The summed E-state index contributed by atoms with van der Waals surface area (Å²) in [6.07, 6.45) is 1.27. The Bertz CT molecular complexity index is 1100. The van der Waals surface area contributed by atoms with Crippen LogP contribution in [-0.2, 0) is 23.8 Å². The maximum absolute atomic E-state index is 11.8. The van der Waals surface area contributed by atoms with E-state index in [0.29, 0.717) is 0 Å². The second kappa shape index (κ2) is 19.5. The summed E-state index contributed by atoms with van der Waals surface area (Å²) in [5.74, 6) is -0.340. The monoisotopic (exact) mass is 540 g/mol. The zero-order valence-electron chi connectivity index (χ0n) is 22.2. The first-order valence-corrected chi connectivity index (χ1v) is 12.8. The number of benzene rings is 2. The van der Waals surface area contributed by atoms with Crippen LogP contribution in [0, 0.1) is 0 Å². The third-order valence-corrected chi connectivity index (χ3v) is 4.93. The summed E-state index contributed by atoms with van der Waals surface area (Å²) in [6, 6.07) is 19.2. The van der Waals surface area contributed by atoms with Crippen LogP contribution in [0.2, 0.25) is 0 Å². The maximum atomic E-state index is 11.8. The van der Waals surface area contributed by atoms with Gasteiger partial charge >= 0.3 is 35.5 Å². The Kier molecular flexibility index (Phi) is 19.3. The van der Waals surface area contributed by atoms with Gasteiger partial charge in [-0.2, -0.15) is 8.42 Å². The van der Waals surface area contributed by atoms with Crippen molar-refractivity contribution in [2.75, 3.05) is 19.4 Å². The summed E-state index contributed by atoms with van der Waals surface area (Å²) in [6.45, 7) is 7.87. The predicted octanol–water partition coefficient (Wildman–Crippen LogP) is 3.45. The molecule has 11 nitrogen and oxygen atoms in total. The van der Waals surface area contributed by atoms with Gasteiger partial charge in [-0.05, 0) is 43.3 Å². The molecule has 0 spiro atoms. The van der Waals surface area contributed by atoms with E-state index >= 15 is 0 Å². The molecular weight excluding hydrogens is 507 g/mol. The molecule has 0 amide bonds. The normalized spacial score (nSPS) is 11.8. The Labute approximate surface area is 241 Å². The summed E-state index contributed by atoms with van der Waals surface area (Å²) in [7, 11) is -3.33. The fourth-order valence-electron chi connectivity index (χ4n) is 2.84. The van der Waals surface area contributed by atoms with Crippen LogP contribution in [0.3, 0.4) is 0 Å². The molecule has 0 aromatic heterocycles. The van der Waals surface area contributed by atoms with Gasteiger partial charge in [0.2, 0.25) is 0 Å². The summed E-state index contributed by atoms with van der Waals surface area (Å²) in [5, 5.41) is 3.57. The van der Waals surface area contributed by atoms with Gasteiger partial charge in [-0.1, -0.05) is 72.7 Å². The molecule has 13 heteroatoms.